The van der Waals surface area contributed by atoms with Gasteiger partial charge in [0.15, 0.2) is 5.82 Å². The second-order valence-electron chi connectivity index (χ2n) is 9.31. The van der Waals surface area contributed by atoms with E-state index in [0.29, 0.717) is 35.4 Å². The van der Waals surface area contributed by atoms with Crippen molar-refractivity contribution in [1.29, 1.82) is 0 Å². The van der Waals surface area contributed by atoms with Crippen molar-refractivity contribution in [2.75, 3.05) is 46.9 Å². The molecule has 8 nitrogen and oxygen atoms in total. The van der Waals surface area contributed by atoms with E-state index < -0.39 is 0 Å². The number of rotatable bonds is 6. The Hall–Kier alpha value is -2.29. The number of carbonyl (C=O) groups is 1. The minimum Gasteiger partial charge on any atom is -0.370 e. The highest BCUT2D eigenvalue weighted by molar-refractivity contribution is 5.97. The van der Waals surface area contributed by atoms with E-state index in [-0.39, 0.29) is 17.0 Å². The first-order chi connectivity index (χ1) is 15.0. The Bertz CT molecular complexity index is 975. The van der Waals surface area contributed by atoms with Gasteiger partial charge in [0.1, 0.15) is 25.2 Å². The predicted molar refractivity (Wildman–Crippen MR) is 119 cm³/mol. The van der Waals surface area contributed by atoms with Gasteiger partial charge in [-0.2, -0.15) is 0 Å². The van der Waals surface area contributed by atoms with E-state index in [1.54, 1.807) is 18.2 Å². The van der Waals surface area contributed by atoms with Gasteiger partial charge < -0.3 is 24.8 Å². The Morgan fingerprint density at radius 1 is 1.23 bits per heavy atom. The number of fused-ring (bicyclic) bond motifs is 1. The molecule has 31 heavy (non-hydrogen) atoms. The number of nitrogens with zero attached hydrogens (tertiary/aromatic N) is 1. The van der Waals surface area contributed by atoms with Crippen molar-refractivity contribution in [2.45, 2.75) is 44.2 Å². The largest absolute Gasteiger partial charge is 0.370 e. The Morgan fingerprint density at radius 3 is 2.68 bits per heavy atom. The first-order valence-electron chi connectivity index (χ1n) is 11.5. The molecule has 2 heterocycles. The van der Waals surface area contributed by atoms with Crippen LogP contribution in [-0.2, 0) is 11.3 Å². The lowest BCUT2D eigenvalue weighted by Crippen LogP contribution is -3.16. The molecule has 0 unspecified atom stereocenters. The highest BCUT2D eigenvalue weighted by atomic mass is 16.5. The van der Waals surface area contributed by atoms with Gasteiger partial charge in [-0.05, 0) is 31.0 Å². The molecular formula is C23H35N5O3+2. The van der Waals surface area contributed by atoms with E-state index in [2.05, 4.69) is 29.4 Å². The molecule has 1 aromatic heterocycles. The van der Waals surface area contributed by atoms with Gasteiger partial charge in [0.25, 0.3) is 11.5 Å². The molecule has 0 atom stereocenters. The zero-order valence-corrected chi connectivity index (χ0v) is 18.7. The first-order valence-corrected chi connectivity index (χ1v) is 11.5. The number of aromatic nitrogens is 2. The molecule has 2 aliphatic rings. The molecular weight excluding hydrogens is 394 g/mol. The van der Waals surface area contributed by atoms with Crippen LogP contribution >= 0.6 is 0 Å². The molecule has 1 aromatic carbocycles. The summed E-state index contributed by atoms with van der Waals surface area (Å²) in [5.41, 5.74) is 1.07. The summed E-state index contributed by atoms with van der Waals surface area (Å²) in [5, 5.41) is 3.67. The molecule has 0 spiro atoms. The zero-order chi connectivity index (χ0) is 21.8. The molecule has 8 heteroatoms. The van der Waals surface area contributed by atoms with Gasteiger partial charge in [-0.1, -0.05) is 6.42 Å². The van der Waals surface area contributed by atoms with Crippen LogP contribution in [0.5, 0.6) is 0 Å². The molecule has 2 fully saturated rings. The summed E-state index contributed by atoms with van der Waals surface area (Å²) >= 11 is 0. The SMILES string of the molecule is C[NH+](C)C1(CNC(=O)c2ccc3c(=O)[nH]c(C[NH+]4CCOCC4)nc3c2)CCCCC1. The molecule has 1 aliphatic carbocycles. The van der Waals surface area contributed by atoms with E-state index in [1.807, 2.05) is 0 Å². The summed E-state index contributed by atoms with van der Waals surface area (Å²) in [7, 11) is 4.36. The van der Waals surface area contributed by atoms with Crippen LogP contribution < -0.4 is 20.7 Å². The number of hydrogen-bond acceptors (Lipinski definition) is 4. The summed E-state index contributed by atoms with van der Waals surface area (Å²) in [5.74, 6) is 0.555. The van der Waals surface area contributed by atoms with Crippen LogP contribution in [0.25, 0.3) is 10.9 Å². The van der Waals surface area contributed by atoms with Crippen molar-refractivity contribution >= 4 is 16.8 Å². The van der Waals surface area contributed by atoms with Crippen LogP contribution in [0.2, 0.25) is 0 Å². The molecule has 2 aromatic rings. The highest BCUT2D eigenvalue weighted by Gasteiger charge is 2.38. The standard InChI is InChI=1S/C23H33N5O3/c1-27(2)23(8-4-3-5-9-23)16-24-21(29)17-6-7-18-19(14-17)25-20(26-22(18)30)15-28-10-12-31-13-11-28/h6-7,14H,3-5,8-13,15-16H2,1-2H3,(H,24,29)(H,25,26,30)/p+2. The minimum absolute atomic E-state index is 0.101. The number of hydrogen-bond donors (Lipinski definition) is 4. The summed E-state index contributed by atoms with van der Waals surface area (Å²) in [6.07, 6.45) is 5.99. The highest BCUT2D eigenvalue weighted by Crippen LogP contribution is 2.25. The monoisotopic (exact) mass is 429 g/mol. The number of benzene rings is 1. The zero-order valence-electron chi connectivity index (χ0n) is 18.7. The van der Waals surface area contributed by atoms with E-state index in [0.717, 1.165) is 39.1 Å². The van der Waals surface area contributed by atoms with E-state index >= 15 is 0 Å². The van der Waals surface area contributed by atoms with Crippen molar-refractivity contribution in [3.8, 4) is 0 Å². The number of morpholine rings is 1. The molecule has 1 saturated heterocycles. The average molecular weight is 430 g/mol. The van der Waals surface area contributed by atoms with Gasteiger partial charge >= 0.3 is 0 Å². The average Bonchev–Trinajstić information content (AvgIpc) is 2.78. The Balaban J connectivity index is 1.50. The van der Waals surface area contributed by atoms with Gasteiger partial charge in [0.2, 0.25) is 0 Å². The minimum atomic E-state index is -0.156. The molecule has 0 radical (unpaired) electrons. The van der Waals surface area contributed by atoms with Gasteiger partial charge in [0, 0.05) is 18.4 Å². The first kappa shape index (κ1) is 21.9. The summed E-state index contributed by atoms with van der Waals surface area (Å²) in [4.78, 5) is 35.8. The van der Waals surface area contributed by atoms with Crippen molar-refractivity contribution < 1.29 is 19.3 Å². The topological polar surface area (TPSA) is 93.0 Å². The molecule has 4 N–H and O–H groups in total. The number of aromatic amines is 1. The number of ether oxygens (including phenoxy) is 1. The van der Waals surface area contributed by atoms with E-state index in [9.17, 15) is 9.59 Å². The molecule has 1 aliphatic heterocycles. The Kier molecular flexibility index (Phi) is 6.69. The van der Waals surface area contributed by atoms with Gasteiger partial charge in [-0.25, -0.2) is 4.98 Å². The number of carbonyl (C=O) groups excluding carboxylic acids is 1. The van der Waals surface area contributed by atoms with Crippen molar-refractivity contribution in [3.63, 3.8) is 0 Å². The third kappa shape index (κ3) is 4.97. The molecule has 1 saturated carbocycles. The fourth-order valence-electron chi connectivity index (χ4n) is 4.92. The predicted octanol–water partition coefficient (Wildman–Crippen LogP) is -1.08. The van der Waals surface area contributed by atoms with Gasteiger partial charge in [-0.3, -0.25) is 9.59 Å². The van der Waals surface area contributed by atoms with Crippen molar-refractivity contribution in [2.24, 2.45) is 0 Å². The molecule has 168 valence electrons. The van der Waals surface area contributed by atoms with Gasteiger partial charge in [0.05, 0.1) is 44.8 Å². The fourth-order valence-corrected chi connectivity index (χ4v) is 4.92. The lowest BCUT2D eigenvalue weighted by atomic mass is 9.80. The quantitative estimate of drug-likeness (QED) is 0.470. The lowest BCUT2D eigenvalue weighted by Gasteiger charge is -2.39. The van der Waals surface area contributed by atoms with Crippen LogP contribution in [0.3, 0.4) is 0 Å². The molecule has 0 bridgehead atoms. The van der Waals surface area contributed by atoms with E-state index in [4.69, 9.17) is 4.74 Å². The second kappa shape index (κ2) is 9.46. The maximum absolute atomic E-state index is 12.9. The lowest BCUT2D eigenvalue weighted by molar-refractivity contribution is -0.922. The van der Waals surface area contributed by atoms with Crippen LogP contribution in [0.15, 0.2) is 23.0 Å². The Labute approximate surface area is 183 Å². The smallest absolute Gasteiger partial charge is 0.258 e. The van der Waals surface area contributed by atoms with Crippen molar-refractivity contribution in [1.82, 2.24) is 15.3 Å². The van der Waals surface area contributed by atoms with Crippen LogP contribution in [0.4, 0.5) is 0 Å². The van der Waals surface area contributed by atoms with Crippen LogP contribution in [0, 0.1) is 0 Å². The number of nitrogens with one attached hydrogen (secondary N) is 4. The second-order valence-corrected chi connectivity index (χ2v) is 9.31. The number of likely N-dealkylation sites (N-methyl/N-ethyl adjacent to an activating group) is 1. The number of H-pyrrole nitrogens is 1. The number of amides is 1. The van der Waals surface area contributed by atoms with E-state index in [1.165, 1.54) is 29.1 Å². The molecule has 1 amide bonds. The summed E-state index contributed by atoms with van der Waals surface area (Å²) < 4.78 is 5.40. The Morgan fingerprint density at radius 2 is 1.97 bits per heavy atom. The maximum atomic E-state index is 12.9. The maximum Gasteiger partial charge on any atom is 0.258 e. The third-order valence-electron chi connectivity index (χ3n) is 7.09. The summed E-state index contributed by atoms with van der Waals surface area (Å²) in [6, 6.07) is 5.17. The normalized spacial score (nSPS) is 19.6. The van der Waals surface area contributed by atoms with Crippen LogP contribution in [-0.4, -0.2) is 68.4 Å². The fraction of sp³-hybridized carbons (Fsp3) is 0.609. The number of quaternary nitrogens is 2. The van der Waals surface area contributed by atoms with Crippen molar-refractivity contribution in [3.05, 3.63) is 39.9 Å². The van der Waals surface area contributed by atoms with Crippen LogP contribution in [0.1, 0.15) is 48.3 Å². The molecule has 4 rings (SSSR count). The van der Waals surface area contributed by atoms with Gasteiger partial charge in [-0.15, -0.1) is 0 Å². The summed E-state index contributed by atoms with van der Waals surface area (Å²) in [6.45, 7) is 4.58. The third-order valence-corrected chi connectivity index (χ3v) is 7.09.